The maximum absolute atomic E-state index is 11.6. The first-order chi connectivity index (χ1) is 8.97. The highest BCUT2D eigenvalue weighted by molar-refractivity contribution is 5.95. The summed E-state index contributed by atoms with van der Waals surface area (Å²) in [6.07, 6.45) is 5.79. The number of carboxylic acids is 1. The number of carbonyl (C=O) groups excluding carboxylic acids is 1. The monoisotopic (exact) mass is 262 g/mol. The quantitative estimate of drug-likeness (QED) is 0.489. The van der Waals surface area contributed by atoms with Gasteiger partial charge in [0.15, 0.2) is 0 Å². The lowest BCUT2D eigenvalue weighted by molar-refractivity contribution is 0.0693. The summed E-state index contributed by atoms with van der Waals surface area (Å²) in [6, 6.07) is 2.81. The largest absolute Gasteiger partial charge is 0.507 e. The van der Waals surface area contributed by atoms with Crippen LogP contribution in [-0.4, -0.2) is 28.3 Å². The Bertz CT molecular complexity index is 534. The minimum absolute atomic E-state index is 0.250. The van der Waals surface area contributed by atoms with E-state index in [1.54, 1.807) is 0 Å². The van der Waals surface area contributed by atoms with Crippen molar-refractivity contribution in [3.05, 3.63) is 23.8 Å². The van der Waals surface area contributed by atoms with Gasteiger partial charge in [-0.25, -0.2) is 9.59 Å². The van der Waals surface area contributed by atoms with Crippen molar-refractivity contribution < 1.29 is 19.8 Å². The number of rotatable bonds is 4. The van der Waals surface area contributed by atoms with Crippen molar-refractivity contribution >= 4 is 17.7 Å². The van der Waals surface area contributed by atoms with Gasteiger partial charge in [-0.1, -0.05) is 12.8 Å². The summed E-state index contributed by atoms with van der Waals surface area (Å²) in [4.78, 5) is 22.4. The molecule has 0 spiro atoms. The van der Waals surface area contributed by atoms with Crippen LogP contribution in [0.3, 0.4) is 0 Å². The van der Waals surface area contributed by atoms with E-state index in [2.05, 4.69) is 16.6 Å². The summed E-state index contributed by atoms with van der Waals surface area (Å²) >= 11 is 0. The number of carbonyl (C=O) groups is 2. The summed E-state index contributed by atoms with van der Waals surface area (Å²) in [7, 11) is 0. The molecular weight excluding hydrogens is 248 g/mol. The zero-order valence-electron chi connectivity index (χ0n) is 10.3. The molecule has 1 rings (SSSR count). The van der Waals surface area contributed by atoms with E-state index in [0.717, 1.165) is 6.07 Å². The third-order valence-electron chi connectivity index (χ3n) is 2.40. The molecule has 0 aliphatic heterocycles. The van der Waals surface area contributed by atoms with Crippen LogP contribution in [0.25, 0.3) is 0 Å². The predicted octanol–water partition coefficient (Wildman–Crippen LogP) is 1.62. The van der Waals surface area contributed by atoms with Gasteiger partial charge in [-0.05, 0) is 24.6 Å². The Hall–Kier alpha value is -2.68. The first kappa shape index (κ1) is 14.4. The van der Waals surface area contributed by atoms with Crippen LogP contribution in [-0.2, 0) is 0 Å². The van der Waals surface area contributed by atoms with Crippen LogP contribution in [0.15, 0.2) is 18.2 Å². The van der Waals surface area contributed by atoms with Gasteiger partial charge in [0.2, 0.25) is 0 Å². The Morgan fingerprint density at radius 3 is 2.68 bits per heavy atom. The van der Waals surface area contributed by atoms with Crippen molar-refractivity contribution in [1.82, 2.24) is 5.32 Å². The number of amides is 2. The second-order valence-electron chi connectivity index (χ2n) is 3.76. The second kappa shape index (κ2) is 6.31. The number of aromatic hydroxyl groups is 1. The third kappa shape index (κ3) is 3.92. The molecule has 1 aromatic carbocycles. The van der Waals surface area contributed by atoms with Gasteiger partial charge in [0.1, 0.15) is 11.3 Å². The number of hydrogen-bond donors (Lipinski definition) is 4. The molecule has 1 atom stereocenters. The number of terminal acetylenes is 1. The molecule has 0 saturated heterocycles. The molecule has 4 N–H and O–H groups in total. The van der Waals surface area contributed by atoms with E-state index in [4.69, 9.17) is 11.5 Å². The molecule has 0 fully saturated rings. The van der Waals surface area contributed by atoms with Gasteiger partial charge < -0.3 is 20.8 Å². The fourth-order valence-electron chi connectivity index (χ4n) is 1.37. The third-order valence-corrected chi connectivity index (χ3v) is 2.40. The van der Waals surface area contributed by atoms with Crippen LogP contribution in [0.2, 0.25) is 0 Å². The van der Waals surface area contributed by atoms with Gasteiger partial charge >= 0.3 is 12.0 Å². The number of anilines is 1. The fraction of sp³-hybridized carbons (Fsp3) is 0.231. The molecular formula is C13H14N2O4. The van der Waals surface area contributed by atoms with Crippen LogP contribution < -0.4 is 10.6 Å². The standard InChI is InChI=1S/C13H14N2O4/c1-3-8(4-2)14-13(19)15-9-5-6-11(16)10(7-9)12(17)18/h1,5-8,16H,4H2,2H3,(H,17,18)(H2,14,15,19). The minimum atomic E-state index is -1.28. The Kier molecular flexibility index (Phi) is 4.77. The van der Waals surface area contributed by atoms with E-state index in [9.17, 15) is 14.7 Å². The van der Waals surface area contributed by atoms with Gasteiger partial charge in [-0.15, -0.1) is 6.42 Å². The molecule has 0 heterocycles. The normalized spacial score (nSPS) is 11.2. The Morgan fingerprint density at radius 2 is 2.16 bits per heavy atom. The van der Waals surface area contributed by atoms with Crippen LogP contribution in [0.5, 0.6) is 5.75 Å². The van der Waals surface area contributed by atoms with Crippen LogP contribution in [0.1, 0.15) is 23.7 Å². The zero-order valence-corrected chi connectivity index (χ0v) is 10.3. The van der Waals surface area contributed by atoms with Gasteiger partial charge in [-0.3, -0.25) is 0 Å². The molecule has 6 heteroatoms. The van der Waals surface area contributed by atoms with Gasteiger partial charge in [0.25, 0.3) is 0 Å². The van der Waals surface area contributed by atoms with Gasteiger partial charge in [0.05, 0.1) is 6.04 Å². The molecule has 0 saturated carbocycles. The lowest BCUT2D eigenvalue weighted by Crippen LogP contribution is -2.36. The van der Waals surface area contributed by atoms with Crippen molar-refractivity contribution in [3.8, 4) is 18.1 Å². The fourth-order valence-corrected chi connectivity index (χ4v) is 1.37. The highest BCUT2D eigenvalue weighted by Gasteiger charge is 2.12. The van der Waals surface area contributed by atoms with Crippen molar-refractivity contribution in [2.45, 2.75) is 19.4 Å². The van der Waals surface area contributed by atoms with Gasteiger partial charge in [-0.2, -0.15) is 0 Å². The lowest BCUT2D eigenvalue weighted by atomic mass is 10.2. The summed E-state index contributed by atoms with van der Waals surface area (Å²) in [5.74, 6) is 0.753. The summed E-state index contributed by atoms with van der Waals surface area (Å²) in [6.45, 7) is 1.83. The average Bonchev–Trinajstić information content (AvgIpc) is 2.37. The lowest BCUT2D eigenvalue weighted by Gasteiger charge is -2.12. The van der Waals surface area contributed by atoms with Crippen molar-refractivity contribution in [2.75, 3.05) is 5.32 Å². The first-order valence-electron chi connectivity index (χ1n) is 5.57. The average molecular weight is 262 g/mol. The number of aromatic carboxylic acids is 1. The Morgan fingerprint density at radius 1 is 1.47 bits per heavy atom. The first-order valence-corrected chi connectivity index (χ1v) is 5.57. The highest BCUT2D eigenvalue weighted by atomic mass is 16.4. The summed E-state index contributed by atoms with van der Waals surface area (Å²) in [5.41, 5.74) is -0.0404. The van der Waals surface area contributed by atoms with E-state index in [-0.39, 0.29) is 17.0 Å². The minimum Gasteiger partial charge on any atom is -0.507 e. The molecule has 0 bridgehead atoms. The summed E-state index contributed by atoms with van der Waals surface area (Å²) < 4.78 is 0. The highest BCUT2D eigenvalue weighted by Crippen LogP contribution is 2.21. The van der Waals surface area contributed by atoms with Crippen molar-refractivity contribution in [2.24, 2.45) is 0 Å². The van der Waals surface area contributed by atoms with Gasteiger partial charge in [0, 0.05) is 5.69 Å². The number of benzene rings is 1. The van der Waals surface area contributed by atoms with Crippen LogP contribution in [0, 0.1) is 12.3 Å². The maximum atomic E-state index is 11.6. The molecule has 6 nitrogen and oxygen atoms in total. The molecule has 0 radical (unpaired) electrons. The topological polar surface area (TPSA) is 98.7 Å². The number of urea groups is 1. The smallest absolute Gasteiger partial charge is 0.339 e. The second-order valence-corrected chi connectivity index (χ2v) is 3.76. The van der Waals surface area contributed by atoms with E-state index >= 15 is 0 Å². The number of carboxylic acid groups (broad SMARTS) is 1. The molecule has 19 heavy (non-hydrogen) atoms. The molecule has 1 aromatic rings. The van der Waals surface area contributed by atoms with E-state index in [1.165, 1.54) is 12.1 Å². The van der Waals surface area contributed by atoms with Crippen molar-refractivity contribution in [1.29, 1.82) is 0 Å². The molecule has 100 valence electrons. The molecule has 0 aliphatic carbocycles. The van der Waals surface area contributed by atoms with E-state index < -0.39 is 18.0 Å². The number of phenols is 1. The molecule has 0 aliphatic rings. The molecule has 1 unspecified atom stereocenters. The Balaban J connectivity index is 2.78. The molecule has 0 aromatic heterocycles. The van der Waals surface area contributed by atoms with E-state index in [1.807, 2.05) is 6.92 Å². The number of hydrogen-bond acceptors (Lipinski definition) is 3. The van der Waals surface area contributed by atoms with Crippen LogP contribution >= 0.6 is 0 Å². The SMILES string of the molecule is C#CC(CC)NC(=O)Nc1ccc(O)c(C(=O)O)c1. The Labute approximate surface area is 110 Å². The predicted molar refractivity (Wildman–Crippen MR) is 70.1 cm³/mol. The summed E-state index contributed by atoms with van der Waals surface area (Å²) in [5, 5.41) is 23.1. The van der Waals surface area contributed by atoms with E-state index in [0.29, 0.717) is 6.42 Å². The van der Waals surface area contributed by atoms with Crippen molar-refractivity contribution in [3.63, 3.8) is 0 Å². The zero-order chi connectivity index (χ0) is 14.4. The molecule has 2 amide bonds. The number of nitrogens with one attached hydrogen (secondary N) is 2. The maximum Gasteiger partial charge on any atom is 0.339 e. The van der Waals surface area contributed by atoms with Crippen LogP contribution in [0.4, 0.5) is 10.5 Å².